The highest BCUT2D eigenvalue weighted by Gasteiger charge is 2.55. The fourth-order valence-electron chi connectivity index (χ4n) is 4.70. The Hall–Kier alpha value is -3.59. The lowest BCUT2D eigenvalue weighted by atomic mass is 9.72. The third-order valence-corrected chi connectivity index (χ3v) is 6.41. The molecule has 2 aliphatic rings. The number of rotatable bonds is 4. The molecule has 0 saturated carbocycles. The fraction of sp³-hybridized carbons (Fsp3) is 0.261. The number of carbonyl (C=O) groups is 1. The first-order valence-electron chi connectivity index (χ1n) is 10.3. The highest BCUT2D eigenvalue weighted by molar-refractivity contribution is 6.04. The molecule has 2 aromatic heterocycles. The Balaban J connectivity index is 1.44. The summed E-state index contributed by atoms with van der Waals surface area (Å²) >= 11 is 0. The second kappa shape index (κ2) is 6.96. The normalized spacial score (nSPS) is 21.1. The molecule has 0 aliphatic carbocycles. The van der Waals surface area contributed by atoms with Crippen LogP contribution in [0.15, 0.2) is 49.1 Å². The van der Waals surface area contributed by atoms with Crippen LogP contribution in [0.1, 0.15) is 11.6 Å². The first-order valence-corrected chi connectivity index (χ1v) is 10.3. The van der Waals surface area contributed by atoms with Gasteiger partial charge in [-0.15, -0.1) is 0 Å². The smallest absolute Gasteiger partial charge is 0.233 e. The molecule has 0 radical (unpaired) electrons. The number of aryl methyl sites for hydroxylation is 1. The van der Waals surface area contributed by atoms with Crippen molar-refractivity contribution in [3.05, 3.63) is 66.3 Å². The molecule has 162 valence electrons. The SMILES string of the molecule is Cn1cc(-c2cc(F)c([C@@H]3[C@H](C4COC4)C(=O)N3c3ccc4[nH]cnc4c3)c(F)c2)cn1. The van der Waals surface area contributed by atoms with Gasteiger partial charge >= 0.3 is 0 Å². The Morgan fingerprint density at radius 1 is 1.12 bits per heavy atom. The van der Waals surface area contributed by atoms with Crippen LogP contribution in [0.4, 0.5) is 14.5 Å². The summed E-state index contributed by atoms with van der Waals surface area (Å²) in [6.07, 6.45) is 4.82. The molecule has 2 saturated heterocycles. The van der Waals surface area contributed by atoms with Gasteiger partial charge in [-0.3, -0.25) is 9.48 Å². The van der Waals surface area contributed by atoms with Gasteiger partial charge in [0.05, 0.1) is 48.7 Å². The number of hydrogen-bond donors (Lipinski definition) is 1. The number of nitrogens with one attached hydrogen (secondary N) is 1. The predicted molar refractivity (Wildman–Crippen MR) is 113 cm³/mol. The molecule has 0 spiro atoms. The summed E-state index contributed by atoms with van der Waals surface area (Å²) in [5.41, 5.74) is 2.97. The van der Waals surface area contributed by atoms with Crippen LogP contribution < -0.4 is 4.90 Å². The lowest BCUT2D eigenvalue weighted by Gasteiger charge is -2.52. The molecule has 4 heterocycles. The predicted octanol–water partition coefficient (Wildman–Crippen LogP) is 3.59. The zero-order chi connectivity index (χ0) is 22.0. The van der Waals surface area contributed by atoms with Crippen LogP contribution in [-0.4, -0.2) is 38.9 Å². The number of anilines is 1. The monoisotopic (exact) mass is 435 g/mol. The van der Waals surface area contributed by atoms with E-state index in [-0.39, 0.29) is 17.4 Å². The summed E-state index contributed by atoms with van der Waals surface area (Å²) < 4.78 is 37.6. The van der Waals surface area contributed by atoms with E-state index in [1.165, 1.54) is 17.0 Å². The van der Waals surface area contributed by atoms with Crippen molar-refractivity contribution in [3.8, 4) is 11.1 Å². The number of β-lactam (4-membered cyclic amide) rings is 1. The quantitative estimate of drug-likeness (QED) is 0.497. The highest BCUT2D eigenvalue weighted by atomic mass is 19.1. The Morgan fingerprint density at radius 2 is 1.91 bits per heavy atom. The topological polar surface area (TPSA) is 76.0 Å². The summed E-state index contributed by atoms with van der Waals surface area (Å²) in [5.74, 6) is -2.12. The fourth-order valence-corrected chi connectivity index (χ4v) is 4.70. The second-order valence-corrected chi connectivity index (χ2v) is 8.34. The Kier molecular flexibility index (Phi) is 4.16. The number of H-pyrrole nitrogens is 1. The maximum absolute atomic E-state index is 15.4. The molecule has 2 fully saturated rings. The average molecular weight is 435 g/mol. The van der Waals surface area contributed by atoms with E-state index in [9.17, 15) is 4.79 Å². The summed E-state index contributed by atoms with van der Waals surface area (Å²) in [7, 11) is 1.74. The van der Waals surface area contributed by atoms with Crippen molar-refractivity contribution < 1.29 is 18.3 Å². The maximum Gasteiger partial charge on any atom is 0.233 e. The van der Waals surface area contributed by atoms with Crippen molar-refractivity contribution in [1.82, 2.24) is 19.7 Å². The molecule has 32 heavy (non-hydrogen) atoms. The molecule has 7 nitrogen and oxygen atoms in total. The van der Waals surface area contributed by atoms with E-state index in [0.717, 1.165) is 5.52 Å². The van der Waals surface area contributed by atoms with Crippen molar-refractivity contribution in [3.63, 3.8) is 0 Å². The van der Waals surface area contributed by atoms with Crippen molar-refractivity contribution >= 4 is 22.6 Å². The van der Waals surface area contributed by atoms with Gasteiger partial charge in [0.25, 0.3) is 0 Å². The van der Waals surface area contributed by atoms with Gasteiger partial charge in [-0.05, 0) is 35.9 Å². The third-order valence-electron chi connectivity index (χ3n) is 6.41. The summed E-state index contributed by atoms with van der Waals surface area (Å²) in [6.45, 7) is 0.826. The number of ether oxygens (including phenoxy) is 1. The minimum atomic E-state index is -0.754. The number of nitrogens with zero attached hydrogens (tertiary/aromatic N) is 4. The maximum atomic E-state index is 15.4. The van der Waals surface area contributed by atoms with Crippen molar-refractivity contribution in [2.45, 2.75) is 6.04 Å². The zero-order valence-corrected chi connectivity index (χ0v) is 17.1. The lowest BCUT2D eigenvalue weighted by molar-refractivity contribution is -0.145. The van der Waals surface area contributed by atoms with Crippen molar-refractivity contribution in [1.29, 1.82) is 0 Å². The summed E-state index contributed by atoms with van der Waals surface area (Å²) in [5, 5.41) is 4.07. The number of aromatic amines is 1. The molecule has 2 atom stereocenters. The molecule has 0 unspecified atom stereocenters. The van der Waals surface area contributed by atoms with E-state index < -0.39 is 23.6 Å². The molecule has 6 rings (SSSR count). The van der Waals surface area contributed by atoms with E-state index in [0.29, 0.717) is 35.5 Å². The van der Waals surface area contributed by atoms with Gasteiger partial charge in [0.2, 0.25) is 5.91 Å². The van der Waals surface area contributed by atoms with E-state index in [1.54, 1.807) is 48.6 Å². The first kappa shape index (κ1) is 19.1. The van der Waals surface area contributed by atoms with Gasteiger partial charge < -0.3 is 14.6 Å². The standard InChI is InChI=1S/C23H19F2N5O2/c1-29-8-13(7-28-29)12-4-16(24)21(17(25)5-12)22-20(14-9-32-10-14)23(31)30(22)15-2-3-18-19(6-15)27-11-26-18/h2-8,11,14,20,22H,9-10H2,1H3,(H,26,27)/t20-,22-/m0/s1. The van der Waals surface area contributed by atoms with E-state index in [1.807, 2.05) is 0 Å². The largest absolute Gasteiger partial charge is 0.381 e. The van der Waals surface area contributed by atoms with Crippen molar-refractivity contribution in [2.24, 2.45) is 18.9 Å². The number of hydrogen-bond acceptors (Lipinski definition) is 4. The Bertz CT molecular complexity index is 1340. The summed E-state index contributed by atoms with van der Waals surface area (Å²) in [6, 6.07) is 7.18. The number of amides is 1. The molecule has 4 aromatic rings. The highest BCUT2D eigenvalue weighted by Crippen LogP contribution is 2.50. The van der Waals surface area contributed by atoms with Crippen LogP contribution >= 0.6 is 0 Å². The number of fused-ring (bicyclic) bond motifs is 1. The molecule has 0 bridgehead atoms. The van der Waals surface area contributed by atoms with Crippen LogP contribution in [-0.2, 0) is 16.6 Å². The number of benzene rings is 2. The Labute approximate surface area is 181 Å². The first-order chi connectivity index (χ1) is 15.5. The molecule has 9 heteroatoms. The molecular formula is C23H19F2N5O2. The molecule has 1 N–H and O–H groups in total. The van der Waals surface area contributed by atoms with E-state index in [4.69, 9.17) is 4.74 Å². The number of halogens is 2. The minimum absolute atomic E-state index is 0.0605. The van der Waals surface area contributed by atoms with Crippen LogP contribution in [0, 0.1) is 23.5 Å². The van der Waals surface area contributed by atoms with Gasteiger partial charge in [0, 0.05) is 36.0 Å². The summed E-state index contributed by atoms with van der Waals surface area (Å²) in [4.78, 5) is 21.9. The van der Waals surface area contributed by atoms with Gasteiger partial charge in [-0.25, -0.2) is 13.8 Å². The molecule has 1 amide bonds. The molecule has 2 aromatic carbocycles. The average Bonchev–Trinajstić information content (AvgIpc) is 3.37. The van der Waals surface area contributed by atoms with Crippen LogP contribution in [0.2, 0.25) is 0 Å². The molecule has 2 aliphatic heterocycles. The van der Waals surface area contributed by atoms with Crippen molar-refractivity contribution in [2.75, 3.05) is 18.1 Å². The van der Waals surface area contributed by atoms with E-state index >= 15 is 8.78 Å². The van der Waals surface area contributed by atoms with Gasteiger partial charge in [0.1, 0.15) is 11.6 Å². The van der Waals surface area contributed by atoms with Crippen LogP contribution in [0.5, 0.6) is 0 Å². The molecular weight excluding hydrogens is 416 g/mol. The van der Waals surface area contributed by atoms with Crippen LogP contribution in [0.25, 0.3) is 22.2 Å². The van der Waals surface area contributed by atoms with E-state index in [2.05, 4.69) is 15.1 Å². The third kappa shape index (κ3) is 2.77. The van der Waals surface area contributed by atoms with Crippen LogP contribution in [0.3, 0.4) is 0 Å². The minimum Gasteiger partial charge on any atom is -0.381 e. The van der Waals surface area contributed by atoms with Gasteiger partial charge in [-0.2, -0.15) is 5.10 Å². The Morgan fingerprint density at radius 3 is 2.56 bits per heavy atom. The number of carbonyl (C=O) groups excluding carboxylic acids is 1. The van der Waals surface area contributed by atoms with Gasteiger partial charge in [-0.1, -0.05) is 0 Å². The number of aromatic nitrogens is 4. The number of imidazole rings is 1. The second-order valence-electron chi connectivity index (χ2n) is 8.34. The van der Waals surface area contributed by atoms with Gasteiger partial charge in [0.15, 0.2) is 0 Å². The zero-order valence-electron chi connectivity index (χ0n) is 17.1. The lowest BCUT2D eigenvalue weighted by Crippen LogP contribution is -2.61.